The number of hydrogen-bond acceptors (Lipinski definition) is 3. The molecular formula is C14H22ClN3O2. The maximum atomic E-state index is 12.3. The predicted molar refractivity (Wildman–Crippen MR) is 81.0 cm³/mol. The van der Waals surface area contributed by atoms with Crippen molar-refractivity contribution < 1.29 is 9.90 Å². The lowest BCUT2D eigenvalue weighted by Crippen LogP contribution is -2.41. The molecule has 0 saturated heterocycles. The van der Waals surface area contributed by atoms with Gasteiger partial charge in [-0.05, 0) is 24.0 Å². The third-order valence-electron chi connectivity index (χ3n) is 2.54. The number of rotatable bonds is 5. The number of pyridine rings is 1. The van der Waals surface area contributed by atoms with Crippen LogP contribution in [-0.4, -0.2) is 40.7 Å². The average Bonchev–Trinajstić information content (AvgIpc) is 2.36. The first kappa shape index (κ1) is 16.7. The van der Waals surface area contributed by atoms with Gasteiger partial charge in [0.1, 0.15) is 0 Å². The molecule has 2 amide bonds. The van der Waals surface area contributed by atoms with Gasteiger partial charge in [0.05, 0.1) is 5.69 Å². The Morgan fingerprint density at radius 2 is 2.20 bits per heavy atom. The number of urea groups is 1. The summed E-state index contributed by atoms with van der Waals surface area (Å²) in [6.45, 7) is 7.33. The van der Waals surface area contributed by atoms with Crippen molar-refractivity contribution in [2.75, 3.05) is 25.0 Å². The maximum absolute atomic E-state index is 12.3. The number of amides is 2. The Kier molecular flexibility index (Phi) is 6.23. The van der Waals surface area contributed by atoms with Gasteiger partial charge in [-0.3, -0.25) is 0 Å². The predicted octanol–water partition coefficient (Wildman–Crippen LogP) is 3.00. The molecule has 0 fully saturated rings. The minimum atomic E-state index is -0.233. The molecule has 1 rings (SSSR count). The number of hydrogen-bond donors (Lipinski definition) is 2. The van der Waals surface area contributed by atoms with Crippen LogP contribution >= 0.6 is 11.6 Å². The third kappa shape index (κ3) is 5.75. The fraction of sp³-hybridized carbons (Fsp3) is 0.571. The van der Waals surface area contributed by atoms with Crippen LogP contribution in [0.2, 0.25) is 5.15 Å². The van der Waals surface area contributed by atoms with Crippen LogP contribution in [0.4, 0.5) is 10.5 Å². The number of carbonyl (C=O) groups is 1. The highest BCUT2D eigenvalue weighted by Crippen LogP contribution is 2.20. The van der Waals surface area contributed by atoms with E-state index in [1.54, 1.807) is 23.2 Å². The van der Waals surface area contributed by atoms with E-state index in [-0.39, 0.29) is 23.2 Å². The van der Waals surface area contributed by atoms with Gasteiger partial charge in [-0.2, -0.15) is 0 Å². The molecule has 20 heavy (non-hydrogen) atoms. The van der Waals surface area contributed by atoms with Gasteiger partial charge < -0.3 is 15.3 Å². The van der Waals surface area contributed by atoms with Crippen molar-refractivity contribution in [2.45, 2.75) is 27.2 Å². The van der Waals surface area contributed by atoms with Crippen molar-refractivity contribution in [3.8, 4) is 0 Å². The van der Waals surface area contributed by atoms with E-state index in [0.717, 1.165) is 0 Å². The van der Waals surface area contributed by atoms with Crippen LogP contribution in [-0.2, 0) is 0 Å². The van der Waals surface area contributed by atoms with E-state index in [9.17, 15) is 4.79 Å². The lowest BCUT2D eigenvalue weighted by molar-refractivity contribution is 0.176. The van der Waals surface area contributed by atoms with Gasteiger partial charge in [-0.15, -0.1) is 0 Å². The molecule has 0 aliphatic carbocycles. The topological polar surface area (TPSA) is 65.5 Å². The van der Waals surface area contributed by atoms with Crippen molar-refractivity contribution in [3.05, 3.63) is 23.5 Å². The summed E-state index contributed by atoms with van der Waals surface area (Å²) in [5.41, 5.74) is 0.466. The number of aliphatic hydroxyl groups excluding tert-OH is 1. The molecule has 0 aromatic carbocycles. The van der Waals surface area contributed by atoms with Crippen molar-refractivity contribution >= 4 is 23.3 Å². The van der Waals surface area contributed by atoms with Crippen LogP contribution in [0.3, 0.4) is 0 Å². The fourth-order valence-electron chi connectivity index (χ4n) is 1.76. The van der Waals surface area contributed by atoms with Gasteiger partial charge in [0.15, 0.2) is 5.15 Å². The van der Waals surface area contributed by atoms with Crippen LogP contribution in [0.25, 0.3) is 0 Å². The first-order chi connectivity index (χ1) is 9.33. The molecule has 1 heterocycles. The van der Waals surface area contributed by atoms with Crippen LogP contribution in [0.5, 0.6) is 0 Å². The molecule has 6 heteroatoms. The van der Waals surface area contributed by atoms with Crippen molar-refractivity contribution in [1.82, 2.24) is 9.88 Å². The van der Waals surface area contributed by atoms with Crippen LogP contribution in [0.15, 0.2) is 18.3 Å². The Bertz CT molecular complexity index is 446. The Balaban J connectivity index is 2.75. The lowest BCUT2D eigenvalue weighted by Gasteiger charge is -2.30. The second kappa shape index (κ2) is 7.45. The highest BCUT2D eigenvalue weighted by molar-refractivity contribution is 6.32. The molecule has 112 valence electrons. The first-order valence-electron chi connectivity index (χ1n) is 6.61. The first-order valence-corrected chi connectivity index (χ1v) is 6.98. The van der Waals surface area contributed by atoms with E-state index >= 15 is 0 Å². The van der Waals surface area contributed by atoms with Gasteiger partial charge >= 0.3 is 6.03 Å². The maximum Gasteiger partial charge on any atom is 0.321 e. The average molecular weight is 300 g/mol. The van der Waals surface area contributed by atoms with E-state index < -0.39 is 0 Å². The van der Waals surface area contributed by atoms with Gasteiger partial charge in [0.2, 0.25) is 0 Å². The Hall–Kier alpha value is -1.33. The van der Waals surface area contributed by atoms with E-state index in [2.05, 4.69) is 31.1 Å². The molecule has 1 aromatic rings. The summed E-state index contributed by atoms with van der Waals surface area (Å²) < 4.78 is 0. The number of carbonyl (C=O) groups excluding carboxylic acids is 1. The summed E-state index contributed by atoms with van der Waals surface area (Å²) in [4.78, 5) is 17.9. The second-order valence-corrected chi connectivity index (χ2v) is 6.19. The zero-order valence-electron chi connectivity index (χ0n) is 12.2. The molecule has 5 nitrogen and oxygen atoms in total. The monoisotopic (exact) mass is 299 g/mol. The summed E-state index contributed by atoms with van der Waals surface area (Å²) in [6, 6.07) is 3.18. The van der Waals surface area contributed by atoms with E-state index in [1.807, 2.05) is 0 Å². The standard InChI is InChI=1S/C14H22ClN3O2/c1-14(2,3)10-18(8-5-9-19)13(20)17-11-6-4-7-16-12(11)15/h4,6-7,19H,5,8-10H2,1-3H3,(H,17,20). The minimum Gasteiger partial charge on any atom is -0.396 e. The SMILES string of the molecule is CC(C)(C)CN(CCCO)C(=O)Nc1cccnc1Cl. The zero-order chi connectivity index (χ0) is 15.2. The quantitative estimate of drug-likeness (QED) is 0.821. The summed E-state index contributed by atoms with van der Waals surface area (Å²) in [5.74, 6) is 0. The lowest BCUT2D eigenvalue weighted by atomic mass is 9.96. The normalized spacial score (nSPS) is 11.2. The van der Waals surface area contributed by atoms with Crippen molar-refractivity contribution in [3.63, 3.8) is 0 Å². The number of aromatic nitrogens is 1. The molecule has 2 N–H and O–H groups in total. The number of nitrogens with zero attached hydrogens (tertiary/aromatic N) is 2. The summed E-state index contributed by atoms with van der Waals surface area (Å²) >= 11 is 5.93. The molecule has 0 radical (unpaired) electrons. The Labute approximate surface area is 125 Å². The van der Waals surface area contributed by atoms with Crippen LogP contribution in [0, 0.1) is 5.41 Å². The Morgan fingerprint density at radius 3 is 2.75 bits per heavy atom. The summed E-state index contributed by atoms with van der Waals surface area (Å²) in [7, 11) is 0. The van der Waals surface area contributed by atoms with E-state index in [0.29, 0.717) is 25.2 Å². The summed E-state index contributed by atoms with van der Waals surface area (Å²) in [5, 5.41) is 12.0. The highest BCUT2D eigenvalue weighted by Gasteiger charge is 2.21. The molecule has 0 saturated carbocycles. The molecule has 0 bridgehead atoms. The molecular weight excluding hydrogens is 278 g/mol. The number of anilines is 1. The second-order valence-electron chi connectivity index (χ2n) is 5.83. The fourth-order valence-corrected chi connectivity index (χ4v) is 1.93. The summed E-state index contributed by atoms with van der Waals surface area (Å²) in [6.07, 6.45) is 2.11. The van der Waals surface area contributed by atoms with Crippen LogP contribution in [0.1, 0.15) is 27.2 Å². The van der Waals surface area contributed by atoms with Gasteiger partial charge in [0, 0.05) is 25.9 Å². The van der Waals surface area contributed by atoms with Crippen LogP contribution < -0.4 is 5.32 Å². The zero-order valence-corrected chi connectivity index (χ0v) is 12.9. The minimum absolute atomic E-state index is 0.0223. The molecule has 0 unspecified atom stereocenters. The third-order valence-corrected chi connectivity index (χ3v) is 2.84. The van der Waals surface area contributed by atoms with E-state index in [1.165, 1.54) is 0 Å². The molecule has 0 aliphatic heterocycles. The smallest absolute Gasteiger partial charge is 0.321 e. The highest BCUT2D eigenvalue weighted by atomic mass is 35.5. The van der Waals surface area contributed by atoms with Gasteiger partial charge in [-0.1, -0.05) is 32.4 Å². The number of aliphatic hydroxyl groups is 1. The largest absolute Gasteiger partial charge is 0.396 e. The van der Waals surface area contributed by atoms with Crippen molar-refractivity contribution in [2.24, 2.45) is 5.41 Å². The Morgan fingerprint density at radius 1 is 1.50 bits per heavy atom. The number of nitrogens with one attached hydrogen (secondary N) is 1. The van der Waals surface area contributed by atoms with Crippen molar-refractivity contribution in [1.29, 1.82) is 0 Å². The van der Waals surface area contributed by atoms with E-state index in [4.69, 9.17) is 16.7 Å². The molecule has 1 aromatic heterocycles. The molecule has 0 spiro atoms. The van der Waals surface area contributed by atoms with Gasteiger partial charge in [0.25, 0.3) is 0 Å². The van der Waals surface area contributed by atoms with Gasteiger partial charge in [-0.25, -0.2) is 9.78 Å². The molecule has 0 atom stereocenters. The number of halogens is 1. The molecule has 0 aliphatic rings.